The van der Waals surface area contributed by atoms with Gasteiger partial charge in [0.2, 0.25) is 0 Å². The summed E-state index contributed by atoms with van der Waals surface area (Å²) < 4.78 is 1.62. The van der Waals surface area contributed by atoms with Crippen LogP contribution in [-0.2, 0) is 18.3 Å². The molecular weight excluding hydrogens is 332 g/mol. The van der Waals surface area contributed by atoms with E-state index >= 15 is 0 Å². The fourth-order valence-electron chi connectivity index (χ4n) is 2.87. The highest BCUT2D eigenvalue weighted by atomic mass is 16.4. The molecule has 1 unspecified atom stereocenters. The Morgan fingerprint density at radius 3 is 2.77 bits per heavy atom. The summed E-state index contributed by atoms with van der Waals surface area (Å²) in [5.74, 6) is -1.95. The van der Waals surface area contributed by atoms with Crippen LogP contribution in [0.15, 0.2) is 42.5 Å². The normalized spacial score (nSPS) is 12.1. The standard InChI is InChI=1S/C19H20N4O3/c1-12-4-3-5-13(8-12)9-15(19(25)26)11-20-18(24)14-6-7-17-16(10-14)21-22-23(17)2/h3-8,10,15H,9,11H2,1-2H3,(H,20,24)(H,25,26). The largest absolute Gasteiger partial charge is 0.481 e. The van der Waals surface area contributed by atoms with E-state index in [1.807, 2.05) is 31.2 Å². The monoisotopic (exact) mass is 352 g/mol. The molecule has 0 spiro atoms. The Morgan fingerprint density at radius 2 is 2.04 bits per heavy atom. The summed E-state index contributed by atoms with van der Waals surface area (Å²) in [6.45, 7) is 2.02. The van der Waals surface area contributed by atoms with E-state index in [4.69, 9.17) is 0 Å². The lowest BCUT2D eigenvalue weighted by Crippen LogP contribution is -2.34. The number of nitrogens with one attached hydrogen (secondary N) is 1. The lowest BCUT2D eigenvalue weighted by molar-refractivity contribution is -0.141. The second-order valence-corrected chi connectivity index (χ2v) is 6.35. The Bertz CT molecular complexity index is 964. The molecule has 0 saturated carbocycles. The number of aryl methyl sites for hydroxylation is 2. The summed E-state index contributed by atoms with van der Waals surface area (Å²) in [4.78, 5) is 23.9. The van der Waals surface area contributed by atoms with Gasteiger partial charge in [0.05, 0.1) is 11.4 Å². The molecule has 0 aliphatic heterocycles. The molecule has 1 atom stereocenters. The SMILES string of the molecule is Cc1cccc(CC(CNC(=O)c2ccc3c(c2)nnn3C)C(=O)O)c1. The summed E-state index contributed by atoms with van der Waals surface area (Å²) in [5.41, 5.74) is 3.89. The minimum Gasteiger partial charge on any atom is -0.481 e. The Morgan fingerprint density at radius 1 is 1.23 bits per heavy atom. The number of benzene rings is 2. The summed E-state index contributed by atoms with van der Waals surface area (Å²) >= 11 is 0. The maximum atomic E-state index is 12.4. The van der Waals surface area contributed by atoms with Crippen LogP contribution in [0.3, 0.4) is 0 Å². The van der Waals surface area contributed by atoms with Gasteiger partial charge in [0.25, 0.3) is 5.91 Å². The Hall–Kier alpha value is -3.22. The van der Waals surface area contributed by atoms with E-state index in [2.05, 4.69) is 15.6 Å². The van der Waals surface area contributed by atoms with Crippen LogP contribution in [0.5, 0.6) is 0 Å². The molecule has 0 bridgehead atoms. The number of rotatable bonds is 6. The number of nitrogens with zero attached hydrogens (tertiary/aromatic N) is 3. The molecule has 0 radical (unpaired) electrons. The third kappa shape index (κ3) is 3.88. The zero-order valence-corrected chi connectivity index (χ0v) is 14.6. The van der Waals surface area contributed by atoms with E-state index in [0.717, 1.165) is 16.6 Å². The van der Waals surface area contributed by atoms with E-state index in [-0.39, 0.29) is 12.5 Å². The van der Waals surface area contributed by atoms with Gasteiger partial charge < -0.3 is 10.4 Å². The van der Waals surface area contributed by atoms with Crippen LogP contribution in [0.2, 0.25) is 0 Å². The predicted octanol–water partition coefficient (Wildman–Crippen LogP) is 1.95. The van der Waals surface area contributed by atoms with Crippen molar-refractivity contribution in [2.45, 2.75) is 13.3 Å². The van der Waals surface area contributed by atoms with E-state index in [1.54, 1.807) is 29.9 Å². The Kier molecular flexibility index (Phi) is 4.97. The van der Waals surface area contributed by atoms with Crippen LogP contribution in [0.1, 0.15) is 21.5 Å². The number of carbonyl (C=O) groups excluding carboxylic acids is 1. The van der Waals surface area contributed by atoms with Crippen LogP contribution in [0, 0.1) is 12.8 Å². The maximum absolute atomic E-state index is 12.4. The first kappa shape index (κ1) is 17.6. The number of aliphatic carboxylic acids is 1. The second-order valence-electron chi connectivity index (χ2n) is 6.35. The van der Waals surface area contributed by atoms with Gasteiger partial charge in [-0.05, 0) is 37.1 Å². The van der Waals surface area contributed by atoms with Crippen molar-refractivity contribution < 1.29 is 14.7 Å². The van der Waals surface area contributed by atoms with Crippen molar-refractivity contribution in [3.05, 3.63) is 59.2 Å². The van der Waals surface area contributed by atoms with Gasteiger partial charge >= 0.3 is 5.97 Å². The molecule has 0 saturated heterocycles. The molecule has 0 aliphatic carbocycles. The number of carbonyl (C=O) groups is 2. The molecule has 3 aromatic rings. The molecule has 2 aromatic carbocycles. The third-order valence-corrected chi connectivity index (χ3v) is 4.30. The first-order valence-corrected chi connectivity index (χ1v) is 8.30. The first-order chi connectivity index (χ1) is 12.4. The average molecular weight is 352 g/mol. The van der Waals surface area contributed by atoms with Gasteiger partial charge in [0.1, 0.15) is 5.52 Å². The number of amides is 1. The van der Waals surface area contributed by atoms with Crippen LogP contribution in [-0.4, -0.2) is 38.5 Å². The van der Waals surface area contributed by atoms with Crippen molar-refractivity contribution in [1.82, 2.24) is 20.3 Å². The van der Waals surface area contributed by atoms with Crippen molar-refractivity contribution >= 4 is 22.9 Å². The van der Waals surface area contributed by atoms with E-state index in [9.17, 15) is 14.7 Å². The van der Waals surface area contributed by atoms with Gasteiger partial charge in [-0.15, -0.1) is 5.10 Å². The highest BCUT2D eigenvalue weighted by Crippen LogP contribution is 2.14. The van der Waals surface area contributed by atoms with Crippen molar-refractivity contribution in [2.24, 2.45) is 13.0 Å². The molecule has 0 fully saturated rings. The smallest absolute Gasteiger partial charge is 0.308 e. The number of aromatic nitrogens is 3. The summed E-state index contributed by atoms with van der Waals surface area (Å²) in [6, 6.07) is 12.8. The molecule has 26 heavy (non-hydrogen) atoms. The fourth-order valence-corrected chi connectivity index (χ4v) is 2.87. The fraction of sp³-hybridized carbons (Fsp3) is 0.263. The zero-order valence-electron chi connectivity index (χ0n) is 14.6. The van der Waals surface area contributed by atoms with Crippen LogP contribution >= 0.6 is 0 Å². The van der Waals surface area contributed by atoms with E-state index < -0.39 is 11.9 Å². The van der Waals surface area contributed by atoms with Crippen molar-refractivity contribution in [2.75, 3.05) is 6.54 Å². The lowest BCUT2D eigenvalue weighted by Gasteiger charge is -2.14. The van der Waals surface area contributed by atoms with Gasteiger partial charge in [0.15, 0.2) is 0 Å². The number of carboxylic acid groups (broad SMARTS) is 1. The van der Waals surface area contributed by atoms with Gasteiger partial charge in [-0.3, -0.25) is 9.59 Å². The minimum absolute atomic E-state index is 0.0562. The molecule has 7 nitrogen and oxygen atoms in total. The molecule has 1 heterocycles. The quantitative estimate of drug-likeness (QED) is 0.707. The Labute approximate surface area is 150 Å². The lowest BCUT2D eigenvalue weighted by atomic mass is 9.98. The summed E-state index contributed by atoms with van der Waals surface area (Å²) in [5, 5.41) is 20.1. The number of hydrogen-bond acceptors (Lipinski definition) is 4. The number of fused-ring (bicyclic) bond motifs is 1. The molecule has 0 aliphatic rings. The van der Waals surface area contributed by atoms with Gasteiger partial charge in [-0.1, -0.05) is 35.0 Å². The average Bonchev–Trinajstić information content (AvgIpc) is 2.98. The van der Waals surface area contributed by atoms with Crippen molar-refractivity contribution in [3.8, 4) is 0 Å². The van der Waals surface area contributed by atoms with Crippen LogP contribution in [0.25, 0.3) is 11.0 Å². The second kappa shape index (κ2) is 7.35. The summed E-state index contributed by atoms with van der Waals surface area (Å²) in [7, 11) is 1.78. The topological polar surface area (TPSA) is 97.1 Å². The number of carboxylic acids is 1. The van der Waals surface area contributed by atoms with E-state index in [1.165, 1.54) is 0 Å². The highest BCUT2D eigenvalue weighted by molar-refractivity contribution is 5.97. The van der Waals surface area contributed by atoms with Gasteiger partial charge in [0, 0.05) is 19.2 Å². The zero-order chi connectivity index (χ0) is 18.7. The van der Waals surface area contributed by atoms with E-state index in [0.29, 0.717) is 17.5 Å². The molecule has 2 N–H and O–H groups in total. The summed E-state index contributed by atoms with van der Waals surface area (Å²) in [6.07, 6.45) is 0.362. The first-order valence-electron chi connectivity index (χ1n) is 8.30. The molecule has 1 aromatic heterocycles. The molecule has 3 rings (SSSR count). The minimum atomic E-state index is -0.934. The van der Waals surface area contributed by atoms with Gasteiger partial charge in [-0.25, -0.2) is 4.68 Å². The Balaban J connectivity index is 1.67. The van der Waals surface area contributed by atoms with Crippen LogP contribution < -0.4 is 5.32 Å². The molecule has 134 valence electrons. The molecule has 7 heteroatoms. The van der Waals surface area contributed by atoms with Crippen molar-refractivity contribution in [1.29, 1.82) is 0 Å². The van der Waals surface area contributed by atoms with Gasteiger partial charge in [-0.2, -0.15) is 0 Å². The van der Waals surface area contributed by atoms with Crippen molar-refractivity contribution in [3.63, 3.8) is 0 Å². The predicted molar refractivity (Wildman–Crippen MR) is 96.9 cm³/mol. The highest BCUT2D eigenvalue weighted by Gasteiger charge is 2.20. The van der Waals surface area contributed by atoms with Crippen LogP contribution in [0.4, 0.5) is 0 Å². The number of hydrogen-bond donors (Lipinski definition) is 2. The maximum Gasteiger partial charge on any atom is 0.308 e. The molecule has 1 amide bonds. The third-order valence-electron chi connectivity index (χ3n) is 4.30. The molecular formula is C19H20N4O3.